The summed E-state index contributed by atoms with van der Waals surface area (Å²) in [4.78, 5) is 28.4. The largest absolute Gasteiger partial charge is 0.508 e. The number of phenols is 1. The predicted octanol–water partition coefficient (Wildman–Crippen LogP) is 4.45. The Morgan fingerprint density at radius 2 is 1.77 bits per heavy atom. The summed E-state index contributed by atoms with van der Waals surface area (Å²) in [6.45, 7) is 4.06. The van der Waals surface area contributed by atoms with Gasteiger partial charge in [-0.1, -0.05) is 12.1 Å². The van der Waals surface area contributed by atoms with Crippen LogP contribution in [-0.2, 0) is 6.54 Å². The van der Waals surface area contributed by atoms with Crippen LogP contribution in [0.15, 0.2) is 68.4 Å². The third kappa shape index (κ3) is 2.72. The van der Waals surface area contributed by atoms with Crippen LogP contribution in [0.25, 0.3) is 11.0 Å². The van der Waals surface area contributed by atoms with Crippen molar-refractivity contribution in [2.24, 2.45) is 0 Å². The van der Waals surface area contributed by atoms with Gasteiger partial charge in [-0.25, -0.2) is 0 Å². The first-order valence-electron chi connectivity index (χ1n) is 9.64. The normalized spacial score (nSPS) is 15.7. The highest BCUT2D eigenvalue weighted by Crippen LogP contribution is 2.39. The van der Waals surface area contributed by atoms with Crippen molar-refractivity contribution in [2.75, 3.05) is 0 Å². The Morgan fingerprint density at radius 1 is 1.03 bits per heavy atom. The topological polar surface area (TPSA) is 83.9 Å². The lowest BCUT2D eigenvalue weighted by Gasteiger charge is -2.24. The maximum Gasteiger partial charge on any atom is 0.291 e. The van der Waals surface area contributed by atoms with Crippen LogP contribution in [0.2, 0.25) is 0 Å². The van der Waals surface area contributed by atoms with E-state index in [1.54, 1.807) is 53.6 Å². The number of hydrogen-bond donors (Lipinski definition) is 1. The molecule has 0 radical (unpaired) electrons. The van der Waals surface area contributed by atoms with E-state index in [9.17, 15) is 14.7 Å². The zero-order chi connectivity index (χ0) is 21.0. The van der Waals surface area contributed by atoms with Gasteiger partial charge in [0.25, 0.3) is 5.91 Å². The molecule has 0 bridgehead atoms. The third-order valence-corrected chi connectivity index (χ3v) is 5.70. The van der Waals surface area contributed by atoms with Crippen molar-refractivity contribution in [1.82, 2.24) is 4.90 Å². The van der Waals surface area contributed by atoms with Crippen molar-refractivity contribution in [2.45, 2.75) is 26.4 Å². The number of benzene rings is 2. The molecule has 2 aromatic heterocycles. The molecule has 2 aromatic carbocycles. The lowest BCUT2D eigenvalue weighted by molar-refractivity contribution is 0.0701. The van der Waals surface area contributed by atoms with E-state index in [2.05, 4.69) is 0 Å². The van der Waals surface area contributed by atoms with E-state index in [0.29, 0.717) is 27.9 Å². The molecule has 3 heterocycles. The Balaban J connectivity index is 1.76. The molecule has 0 spiro atoms. The first-order chi connectivity index (χ1) is 14.4. The molecule has 0 unspecified atom stereocenters. The molecular formula is C24H19NO5. The van der Waals surface area contributed by atoms with Gasteiger partial charge >= 0.3 is 0 Å². The van der Waals surface area contributed by atoms with Crippen LogP contribution in [-0.4, -0.2) is 15.9 Å². The highest BCUT2D eigenvalue weighted by atomic mass is 16.4. The van der Waals surface area contributed by atoms with Crippen LogP contribution in [0.3, 0.4) is 0 Å². The molecule has 5 rings (SSSR count). The number of nitrogens with zero attached hydrogens (tertiary/aromatic N) is 1. The minimum atomic E-state index is -0.638. The number of furan rings is 1. The van der Waals surface area contributed by atoms with E-state index in [1.807, 2.05) is 19.9 Å². The van der Waals surface area contributed by atoms with Gasteiger partial charge in [0.15, 0.2) is 5.43 Å². The fourth-order valence-corrected chi connectivity index (χ4v) is 4.01. The first-order valence-corrected chi connectivity index (χ1v) is 9.64. The van der Waals surface area contributed by atoms with Crippen LogP contribution in [0.4, 0.5) is 0 Å². The summed E-state index contributed by atoms with van der Waals surface area (Å²) in [5, 5.41) is 10.1. The minimum Gasteiger partial charge on any atom is -0.508 e. The van der Waals surface area contributed by atoms with E-state index in [-0.39, 0.29) is 29.4 Å². The smallest absolute Gasteiger partial charge is 0.291 e. The maximum atomic E-state index is 13.5. The number of fused-ring (bicyclic) bond motifs is 2. The molecule has 1 amide bonds. The van der Waals surface area contributed by atoms with Gasteiger partial charge in [0.1, 0.15) is 17.1 Å². The summed E-state index contributed by atoms with van der Waals surface area (Å²) in [5.74, 6) is 0.401. The van der Waals surface area contributed by atoms with Crippen LogP contribution in [0, 0.1) is 13.8 Å². The van der Waals surface area contributed by atoms with Crippen molar-refractivity contribution >= 4 is 16.9 Å². The van der Waals surface area contributed by atoms with Gasteiger partial charge in [-0.15, -0.1) is 0 Å². The van der Waals surface area contributed by atoms with Crippen molar-refractivity contribution in [1.29, 1.82) is 0 Å². The molecule has 6 nitrogen and oxygen atoms in total. The molecule has 30 heavy (non-hydrogen) atoms. The van der Waals surface area contributed by atoms with Gasteiger partial charge in [-0.2, -0.15) is 0 Å². The summed E-state index contributed by atoms with van der Waals surface area (Å²) < 4.78 is 11.4. The van der Waals surface area contributed by atoms with Gasteiger partial charge in [-0.05, 0) is 66.9 Å². The van der Waals surface area contributed by atoms with E-state index < -0.39 is 6.04 Å². The molecule has 4 aromatic rings. The fourth-order valence-electron chi connectivity index (χ4n) is 4.01. The Hall–Kier alpha value is -3.80. The summed E-state index contributed by atoms with van der Waals surface area (Å²) in [5.41, 5.74) is 3.17. The number of carbonyl (C=O) groups excluding carboxylic acids is 1. The summed E-state index contributed by atoms with van der Waals surface area (Å²) in [6, 6.07) is 13.0. The van der Waals surface area contributed by atoms with Gasteiger partial charge in [0, 0.05) is 0 Å². The zero-order valence-corrected chi connectivity index (χ0v) is 16.5. The van der Waals surface area contributed by atoms with Gasteiger partial charge in [0.2, 0.25) is 5.76 Å². The molecule has 0 saturated carbocycles. The number of aryl methyl sites for hydroxylation is 2. The van der Waals surface area contributed by atoms with Crippen molar-refractivity contribution in [3.63, 3.8) is 0 Å². The predicted molar refractivity (Wildman–Crippen MR) is 110 cm³/mol. The van der Waals surface area contributed by atoms with E-state index in [4.69, 9.17) is 8.83 Å². The first kappa shape index (κ1) is 18.2. The number of rotatable bonds is 3. The Labute approximate surface area is 172 Å². The van der Waals surface area contributed by atoms with Crippen molar-refractivity contribution in [3.05, 3.63) is 98.8 Å². The Morgan fingerprint density at radius 3 is 2.47 bits per heavy atom. The Bertz CT molecular complexity index is 1330. The van der Waals surface area contributed by atoms with Crippen LogP contribution in [0.1, 0.15) is 44.6 Å². The molecule has 1 aliphatic rings. The maximum absolute atomic E-state index is 13.5. The minimum absolute atomic E-state index is 0.0559. The molecule has 150 valence electrons. The quantitative estimate of drug-likeness (QED) is 0.548. The average Bonchev–Trinajstić information content (AvgIpc) is 3.33. The van der Waals surface area contributed by atoms with Gasteiger partial charge < -0.3 is 18.8 Å². The fraction of sp³-hybridized carbons (Fsp3) is 0.167. The average molecular weight is 401 g/mol. The van der Waals surface area contributed by atoms with Crippen LogP contribution >= 0.6 is 0 Å². The number of carbonyl (C=O) groups is 1. The highest BCUT2D eigenvalue weighted by Gasteiger charge is 2.43. The summed E-state index contributed by atoms with van der Waals surface area (Å²) in [6.07, 6.45) is 1.54. The molecule has 1 N–H and O–H groups in total. The Kier molecular flexibility index (Phi) is 4.03. The number of amides is 1. The molecule has 0 aliphatic carbocycles. The van der Waals surface area contributed by atoms with Crippen molar-refractivity contribution in [3.8, 4) is 5.75 Å². The lowest BCUT2D eigenvalue weighted by Crippen LogP contribution is -2.29. The second-order valence-corrected chi connectivity index (χ2v) is 7.61. The zero-order valence-electron chi connectivity index (χ0n) is 16.5. The molecular weight excluding hydrogens is 382 g/mol. The summed E-state index contributed by atoms with van der Waals surface area (Å²) in [7, 11) is 0. The van der Waals surface area contributed by atoms with E-state index in [1.165, 1.54) is 0 Å². The molecule has 1 aliphatic heterocycles. The number of phenolic OH excluding ortho intramolecular Hbond substituents is 1. The number of hydrogen-bond acceptors (Lipinski definition) is 5. The standard InChI is InChI=1S/C24H19NO5/c1-13-10-18-19(11-14(13)2)30-23-20(22(18)27)21(15-5-7-16(26)8-6-15)25(24(23)28)12-17-4-3-9-29-17/h3-11,21,26H,12H2,1-2H3/t21-/m1/s1. The summed E-state index contributed by atoms with van der Waals surface area (Å²) >= 11 is 0. The molecule has 6 heteroatoms. The van der Waals surface area contributed by atoms with Gasteiger partial charge in [-0.3, -0.25) is 9.59 Å². The molecule has 0 fully saturated rings. The lowest BCUT2D eigenvalue weighted by atomic mass is 9.97. The number of aromatic hydroxyl groups is 1. The SMILES string of the molecule is Cc1cc2oc3c(c(=O)c2cc1C)[C@@H](c1ccc(O)cc1)N(Cc1ccco1)C3=O. The highest BCUT2D eigenvalue weighted by molar-refractivity contribution is 5.99. The third-order valence-electron chi connectivity index (χ3n) is 5.70. The molecule has 0 saturated heterocycles. The van der Waals surface area contributed by atoms with Crippen molar-refractivity contribution < 1.29 is 18.7 Å². The van der Waals surface area contributed by atoms with Crippen LogP contribution in [0.5, 0.6) is 5.75 Å². The molecule has 1 atom stereocenters. The second-order valence-electron chi connectivity index (χ2n) is 7.61. The van der Waals surface area contributed by atoms with E-state index in [0.717, 1.165) is 11.1 Å². The van der Waals surface area contributed by atoms with E-state index >= 15 is 0 Å². The second kappa shape index (κ2) is 6.62. The van der Waals surface area contributed by atoms with Crippen LogP contribution < -0.4 is 5.43 Å². The monoisotopic (exact) mass is 401 g/mol. The van der Waals surface area contributed by atoms with Gasteiger partial charge in [0.05, 0.1) is 29.8 Å².